The molecule has 1 aliphatic heterocycles. The molecule has 3 heterocycles. The summed E-state index contributed by atoms with van der Waals surface area (Å²) in [4.78, 5) is 14.6. The normalized spacial score (nSPS) is 14.1. The first kappa shape index (κ1) is 23.6. The van der Waals surface area contributed by atoms with Crippen LogP contribution in [0.5, 0.6) is 0 Å². The third kappa shape index (κ3) is 6.27. The molecule has 0 spiro atoms. The Morgan fingerprint density at radius 1 is 1.18 bits per heavy atom. The molecule has 9 nitrogen and oxygen atoms in total. The highest BCUT2D eigenvalue weighted by atomic mass is 32.2. The van der Waals surface area contributed by atoms with Gasteiger partial charge in [-0.25, -0.2) is 4.39 Å². The Morgan fingerprint density at radius 2 is 1.94 bits per heavy atom. The summed E-state index contributed by atoms with van der Waals surface area (Å²) in [6.45, 7) is 8.42. The van der Waals surface area contributed by atoms with Gasteiger partial charge in [-0.2, -0.15) is 0 Å². The average Bonchev–Trinajstić information content (AvgIpc) is 3.44. The number of nitrogens with one attached hydrogen (secondary N) is 1. The Hall–Kier alpha value is -2.57. The summed E-state index contributed by atoms with van der Waals surface area (Å²) in [5.41, 5.74) is 0.811. The molecule has 0 unspecified atom stereocenters. The second-order valence-electron chi connectivity index (χ2n) is 7.99. The summed E-state index contributed by atoms with van der Waals surface area (Å²) in [5, 5.41) is 21.7. The number of carbonyl (C=O) groups is 1. The number of thioether (sulfide) groups is 1. The first-order chi connectivity index (χ1) is 16.0. The molecular formula is C21H26FN7O2S2. The standard InChI is InChI=1S/C21H26FN7O2S2/c1-14(2)12-29-20(28-7-9-31-10-8-28)26-27-21(29)32-13-17-24-25-19(33-17)18(30)23-11-15-3-5-16(22)6-4-15/h3-6,14H,7-13H2,1-2H3,(H,23,30). The number of carbonyl (C=O) groups excluding carboxylic acids is 1. The van der Waals surface area contributed by atoms with Gasteiger partial charge in [0.15, 0.2) is 5.16 Å². The van der Waals surface area contributed by atoms with E-state index in [0.717, 1.165) is 41.3 Å². The minimum atomic E-state index is -0.308. The predicted octanol–water partition coefficient (Wildman–Crippen LogP) is 2.98. The lowest BCUT2D eigenvalue weighted by Crippen LogP contribution is -2.38. The molecule has 0 radical (unpaired) electrons. The van der Waals surface area contributed by atoms with Gasteiger partial charge in [0.05, 0.1) is 19.0 Å². The molecule has 1 amide bonds. The number of hydrogen-bond donors (Lipinski definition) is 1. The highest BCUT2D eigenvalue weighted by molar-refractivity contribution is 7.98. The van der Waals surface area contributed by atoms with Crippen LogP contribution in [0.4, 0.5) is 10.3 Å². The molecule has 0 aliphatic carbocycles. The van der Waals surface area contributed by atoms with Crippen LogP contribution in [0.15, 0.2) is 29.4 Å². The zero-order chi connectivity index (χ0) is 23.2. The number of anilines is 1. The van der Waals surface area contributed by atoms with Gasteiger partial charge in [0.1, 0.15) is 10.8 Å². The average molecular weight is 492 g/mol. The molecule has 1 fully saturated rings. The van der Waals surface area contributed by atoms with Crippen LogP contribution >= 0.6 is 23.1 Å². The van der Waals surface area contributed by atoms with E-state index in [2.05, 4.69) is 49.0 Å². The van der Waals surface area contributed by atoms with Crippen molar-refractivity contribution >= 4 is 35.0 Å². The molecular weight excluding hydrogens is 465 g/mol. The second-order valence-corrected chi connectivity index (χ2v) is 9.99. The van der Waals surface area contributed by atoms with E-state index < -0.39 is 0 Å². The largest absolute Gasteiger partial charge is 0.378 e. The Bertz CT molecular complexity index is 1070. The van der Waals surface area contributed by atoms with E-state index in [-0.39, 0.29) is 11.7 Å². The van der Waals surface area contributed by atoms with Gasteiger partial charge in [-0.15, -0.1) is 20.4 Å². The maximum Gasteiger partial charge on any atom is 0.282 e. The van der Waals surface area contributed by atoms with Gasteiger partial charge in [-0.05, 0) is 23.6 Å². The fourth-order valence-electron chi connectivity index (χ4n) is 3.30. The Labute approximate surface area is 199 Å². The third-order valence-corrected chi connectivity index (χ3v) is 6.97. The van der Waals surface area contributed by atoms with Gasteiger partial charge in [-0.1, -0.05) is 49.1 Å². The second kappa shape index (κ2) is 11.0. The molecule has 3 aromatic rings. The molecule has 12 heteroatoms. The van der Waals surface area contributed by atoms with Crippen molar-refractivity contribution in [2.45, 2.75) is 37.8 Å². The zero-order valence-electron chi connectivity index (χ0n) is 18.5. The summed E-state index contributed by atoms with van der Waals surface area (Å²) in [7, 11) is 0. The SMILES string of the molecule is CC(C)Cn1c(SCc2nnc(C(=O)NCc3ccc(F)cc3)s2)nnc1N1CCOCC1. The number of benzene rings is 1. The number of nitrogens with zero attached hydrogens (tertiary/aromatic N) is 6. The number of ether oxygens (including phenoxy) is 1. The quantitative estimate of drug-likeness (QED) is 0.456. The van der Waals surface area contributed by atoms with Gasteiger partial charge in [0.25, 0.3) is 5.91 Å². The van der Waals surface area contributed by atoms with Crippen molar-refractivity contribution < 1.29 is 13.9 Å². The third-order valence-electron chi connectivity index (χ3n) is 4.89. The zero-order valence-corrected chi connectivity index (χ0v) is 20.2. The van der Waals surface area contributed by atoms with Crippen molar-refractivity contribution in [3.8, 4) is 0 Å². The number of aromatic nitrogens is 5. The summed E-state index contributed by atoms with van der Waals surface area (Å²) >= 11 is 2.79. The van der Waals surface area contributed by atoms with E-state index in [1.165, 1.54) is 35.2 Å². The van der Waals surface area contributed by atoms with Crippen molar-refractivity contribution in [3.63, 3.8) is 0 Å². The van der Waals surface area contributed by atoms with Gasteiger partial charge >= 0.3 is 0 Å². The van der Waals surface area contributed by atoms with E-state index in [9.17, 15) is 9.18 Å². The van der Waals surface area contributed by atoms with Gasteiger partial charge in [0.2, 0.25) is 11.0 Å². The molecule has 0 saturated carbocycles. The first-order valence-corrected chi connectivity index (χ1v) is 12.5. The summed E-state index contributed by atoms with van der Waals surface area (Å²) in [5.74, 6) is 1.25. The fraction of sp³-hybridized carbons (Fsp3) is 0.476. The first-order valence-electron chi connectivity index (χ1n) is 10.7. The van der Waals surface area contributed by atoms with Crippen LogP contribution in [0, 0.1) is 11.7 Å². The molecule has 4 rings (SSSR count). The van der Waals surface area contributed by atoms with Crippen LogP contribution in [-0.2, 0) is 23.6 Å². The minimum absolute atomic E-state index is 0.297. The van der Waals surface area contributed by atoms with Crippen LogP contribution in [0.1, 0.15) is 34.2 Å². The van der Waals surface area contributed by atoms with Crippen LogP contribution in [-0.4, -0.2) is 57.2 Å². The van der Waals surface area contributed by atoms with Crippen molar-refractivity contribution in [2.75, 3.05) is 31.2 Å². The highest BCUT2D eigenvalue weighted by Crippen LogP contribution is 2.27. The van der Waals surface area contributed by atoms with E-state index in [0.29, 0.717) is 36.4 Å². The molecule has 33 heavy (non-hydrogen) atoms. The molecule has 1 saturated heterocycles. The van der Waals surface area contributed by atoms with E-state index in [1.54, 1.807) is 12.1 Å². The van der Waals surface area contributed by atoms with Gasteiger partial charge in [-0.3, -0.25) is 9.36 Å². The Balaban J connectivity index is 1.36. The smallest absolute Gasteiger partial charge is 0.282 e. The number of amides is 1. The van der Waals surface area contributed by atoms with Crippen LogP contribution < -0.4 is 10.2 Å². The fourth-order valence-corrected chi connectivity index (χ4v) is 4.98. The minimum Gasteiger partial charge on any atom is -0.378 e. The number of halogens is 1. The molecule has 0 bridgehead atoms. The lowest BCUT2D eigenvalue weighted by atomic mass is 10.2. The topological polar surface area (TPSA) is 98.1 Å². The van der Waals surface area contributed by atoms with Gasteiger partial charge in [0, 0.05) is 26.2 Å². The molecule has 1 N–H and O–H groups in total. The highest BCUT2D eigenvalue weighted by Gasteiger charge is 2.22. The van der Waals surface area contributed by atoms with E-state index >= 15 is 0 Å². The van der Waals surface area contributed by atoms with E-state index in [4.69, 9.17) is 4.74 Å². The van der Waals surface area contributed by atoms with Crippen molar-refractivity contribution in [3.05, 3.63) is 45.7 Å². The molecule has 176 valence electrons. The number of morpholine rings is 1. The van der Waals surface area contributed by atoms with Crippen LogP contribution in [0.3, 0.4) is 0 Å². The van der Waals surface area contributed by atoms with Crippen LogP contribution in [0.2, 0.25) is 0 Å². The number of hydrogen-bond acceptors (Lipinski definition) is 9. The molecule has 1 aliphatic rings. The lowest BCUT2D eigenvalue weighted by molar-refractivity contribution is 0.0950. The van der Waals surface area contributed by atoms with Crippen LogP contribution in [0.25, 0.3) is 0 Å². The van der Waals surface area contributed by atoms with Crippen molar-refractivity contribution in [1.82, 2.24) is 30.3 Å². The Kier molecular flexibility index (Phi) is 7.89. The maximum absolute atomic E-state index is 13.0. The van der Waals surface area contributed by atoms with Gasteiger partial charge < -0.3 is 15.0 Å². The summed E-state index contributed by atoms with van der Waals surface area (Å²) in [6.07, 6.45) is 0. The Morgan fingerprint density at radius 3 is 2.67 bits per heavy atom. The number of rotatable bonds is 9. The molecule has 0 atom stereocenters. The summed E-state index contributed by atoms with van der Waals surface area (Å²) < 4.78 is 20.6. The molecule has 2 aromatic heterocycles. The summed E-state index contributed by atoms with van der Waals surface area (Å²) in [6, 6.07) is 6.00. The van der Waals surface area contributed by atoms with E-state index in [1.807, 2.05) is 0 Å². The van der Waals surface area contributed by atoms with Crippen molar-refractivity contribution in [1.29, 1.82) is 0 Å². The monoisotopic (exact) mass is 491 g/mol. The molecule has 1 aromatic carbocycles. The van der Waals surface area contributed by atoms with Crippen molar-refractivity contribution in [2.24, 2.45) is 5.92 Å². The lowest BCUT2D eigenvalue weighted by Gasteiger charge is -2.28. The predicted molar refractivity (Wildman–Crippen MR) is 125 cm³/mol. The maximum atomic E-state index is 13.0.